The van der Waals surface area contributed by atoms with E-state index in [1.54, 1.807) is 0 Å². The van der Waals surface area contributed by atoms with Gasteiger partial charge in [-0.25, -0.2) is 0 Å². The van der Waals surface area contributed by atoms with E-state index < -0.39 is 30.4 Å². The Morgan fingerprint density at radius 1 is 0.909 bits per heavy atom. The lowest BCUT2D eigenvalue weighted by atomic mass is 10.1. The quantitative estimate of drug-likeness (QED) is 0.152. The molecule has 0 aliphatic heterocycles. The van der Waals surface area contributed by atoms with E-state index in [-0.39, 0.29) is 66.4 Å². The summed E-state index contributed by atoms with van der Waals surface area (Å²) < 4.78 is 0.952. The van der Waals surface area contributed by atoms with Gasteiger partial charge in [0.15, 0.2) is 0 Å². The number of aliphatic hydroxyl groups excluding tert-OH is 5. The molecule has 11 nitrogen and oxygen atoms in total. The lowest BCUT2D eigenvalue weighted by molar-refractivity contribution is -0.117. The molecule has 0 saturated carbocycles. The minimum atomic E-state index is -1.26. The van der Waals surface area contributed by atoms with Crippen molar-refractivity contribution in [3.05, 3.63) is 21.8 Å². The van der Waals surface area contributed by atoms with Crippen molar-refractivity contribution in [1.82, 2.24) is 10.2 Å². The van der Waals surface area contributed by atoms with Gasteiger partial charge in [-0.2, -0.15) is 0 Å². The number of aliphatic hydroxyl groups is 5. The first-order valence-corrected chi connectivity index (χ1v) is 13.0. The third kappa shape index (κ3) is 7.80. The van der Waals surface area contributed by atoms with E-state index in [0.29, 0.717) is 7.14 Å². The molecule has 0 aliphatic rings. The van der Waals surface area contributed by atoms with E-state index in [1.165, 1.54) is 16.7 Å². The van der Waals surface area contributed by atoms with Crippen molar-refractivity contribution >= 4 is 91.2 Å². The molecule has 1 aromatic rings. The number of carbonyl (C=O) groups is 3. The van der Waals surface area contributed by atoms with Gasteiger partial charge in [-0.05, 0) is 67.8 Å². The maximum absolute atomic E-state index is 13.4. The van der Waals surface area contributed by atoms with Crippen molar-refractivity contribution in [2.24, 2.45) is 0 Å². The van der Waals surface area contributed by atoms with Crippen LogP contribution in [0.5, 0.6) is 0 Å². The highest BCUT2D eigenvalue weighted by Gasteiger charge is 2.33. The fourth-order valence-electron chi connectivity index (χ4n) is 2.89. The van der Waals surface area contributed by atoms with Gasteiger partial charge in [0.2, 0.25) is 5.91 Å². The van der Waals surface area contributed by atoms with Crippen molar-refractivity contribution in [2.45, 2.75) is 13.0 Å². The molecule has 0 aromatic heterocycles. The van der Waals surface area contributed by atoms with Crippen molar-refractivity contribution in [1.29, 1.82) is 0 Å². The Kier molecular flexibility index (Phi) is 13.8. The van der Waals surface area contributed by atoms with E-state index >= 15 is 0 Å². The van der Waals surface area contributed by atoms with Crippen molar-refractivity contribution in [2.75, 3.05) is 57.5 Å². The Morgan fingerprint density at radius 2 is 1.45 bits per heavy atom. The van der Waals surface area contributed by atoms with E-state index in [1.807, 2.05) is 67.8 Å². The summed E-state index contributed by atoms with van der Waals surface area (Å²) >= 11 is 5.62. The second-order valence-corrected chi connectivity index (χ2v) is 9.96. The summed E-state index contributed by atoms with van der Waals surface area (Å²) in [7, 11) is 0. The van der Waals surface area contributed by atoms with E-state index in [4.69, 9.17) is 5.11 Å². The Hall–Kier alpha value is -0.380. The summed E-state index contributed by atoms with van der Waals surface area (Å²) in [5, 5.41) is 49.6. The summed E-state index contributed by atoms with van der Waals surface area (Å²) in [4.78, 5) is 41.3. The highest BCUT2D eigenvalue weighted by molar-refractivity contribution is 14.1. The normalized spacial score (nSPS) is 11.8. The highest BCUT2D eigenvalue weighted by atomic mass is 127. The van der Waals surface area contributed by atoms with Crippen molar-refractivity contribution < 1.29 is 39.9 Å². The molecule has 186 valence electrons. The van der Waals surface area contributed by atoms with Crippen LogP contribution in [-0.4, -0.2) is 107 Å². The van der Waals surface area contributed by atoms with Gasteiger partial charge in [-0.15, -0.1) is 0 Å². The van der Waals surface area contributed by atoms with Crippen LogP contribution in [0.25, 0.3) is 0 Å². The molecule has 0 bridgehead atoms. The Bertz CT molecular complexity index is 865. The number of amides is 3. The van der Waals surface area contributed by atoms with Crippen molar-refractivity contribution in [3.8, 4) is 0 Å². The number of nitrogens with zero attached hydrogens (tertiary/aromatic N) is 2. The number of halogens is 3. The average Bonchev–Trinajstić information content (AvgIpc) is 2.76. The second-order valence-electron chi connectivity index (χ2n) is 6.73. The van der Waals surface area contributed by atoms with Crippen LogP contribution in [0.15, 0.2) is 0 Å². The zero-order valence-electron chi connectivity index (χ0n) is 17.7. The molecule has 14 heteroatoms. The van der Waals surface area contributed by atoms with E-state index in [9.17, 15) is 34.8 Å². The van der Waals surface area contributed by atoms with Gasteiger partial charge in [0.25, 0.3) is 11.8 Å². The topological polar surface area (TPSA) is 171 Å². The van der Waals surface area contributed by atoms with Crippen LogP contribution >= 0.6 is 67.8 Å². The van der Waals surface area contributed by atoms with Gasteiger partial charge in [0.05, 0.1) is 63.0 Å². The molecule has 0 heterocycles. The molecule has 0 saturated heterocycles. The standard InChI is InChI=1S/C19H26I3N3O8/c1-10(30)25(8-11(31)9-29)17-15(21)12(18(32)23-2-5-26)14(20)13(16(17)22)19(33)24(3-6-27)4-7-28/h11,26-29,31H,2-9H2,1H3,(H,23,32). The van der Waals surface area contributed by atoms with Gasteiger partial charge in [0, 0.05) is 30.1 Å². The fraction of sp³-hybridized carbons (Fsp3) is 0.526. The lowest BCUT2D eigenvalue weighted by Crippen LogP contribution is -2.41. The van der Waals surface area contributed by atoms with Crippen LogP contribution < -0.4 is 10.2 Å². The molecule has 0 radical (unpaired) electrons. The summed E-state index contributed by atoms with van der Waals surface area (Å²) in [5.74, 6) is -1.62. The van der Waals surface area contributed by atoms with Gasteiger partial charge in [0.1, 0.15) is 0 Å². The monoisotopic (exact) mass is 805 g/mol. The number of rotatable bonds is 12. The zero-order chi connectivity index (χ0) is 25.3. The minimum absolute atomic E-state index is 0.0314. The van der Waals surface area contributed by atoms with Crippen molar-refractivity contribution in [3.63, 3.8) is 0 Å². The molecular formula is C19H26I3N3O8. The first-order chi connectivity index (χ1) is 15.6. The summed E-state index contributed by atoms with van der Waals surface area (Å²) in [6, 6.07) is 0. The molecule has 33 heavy (non-hydrogen) atoms. The van der Waals surface area contributed by atoms with E-state index in [0.717, 1.165) is 0 Å². The first-order valence-electron chi connectivity index (χ1n) is 9.74. The maximum atomic E-state index is 13.4. The third-order valence-corrected chi connectivity index (χ3v) is 7.59. The summed E-state index contributed by atoms with van der Waals surface area (Å²) in [5.41, 5.74) is 0.399. The van der Waals surface area contributed by atoms with E-state index in [2.05, 4.69) is 5.32 Å². The predicted octanol–water partition coefficient (Wildman–Crippen LogP) is -0.645. The van der Waals surface area contributed by atoms with Crippen LogP contribution in [-0.2, 0) is 4.79 Å². The molecule has 1 unspecified atom stereocenters. The minimum Gasteiger partial charge on any atom is -0.395 e. The van der Waals surface area contributed by atoms with Crippen LogP contribution in [0.3, 0.4) is 0 Å². The highest BCUT2D eigenvalue weighted by Crippen LogP contribution is 2.38. The summed E-state index contributed by atoms with van der Waals surface area (Å²) in [6.45, 7) is -0.757. The number of hydrogen-bond acceptors (Lipinski definition) is 8. The van der Waals surface area contributed by atoms with Gasteiger partial charge in [-0.1, -0.05) is 0 Å². The molecule has 1 rings (SSSR count). The molecule has 0 aliphatic carbocycles. The number of hydrogen-bond donors (Lipinski definition) is 6. The van der Waals surface area contributed by atoms with Crippen LogP contribution in [0.2, 0.25) is 0 Å². The van der Waals surface area contributed by atoms with Crippen LogP contribution in [0.1, 0.15) is 27.6 Å². The summed E-state index contributed by atoms with van der Waals surface area (Å²) in [6.07, 6.45) is -1.26. The smallest absolute Gasteiger partial charge is 0.256 e. The average molecular weight is 805 g/mol. The molecule has 1 aromatic carbocycles. The molecule has 0 spiro atoms. The predicted molar refractivity (Wildman–Crippen MR) is 145 cm³/mol. The molecule has 6 N–H and O–H groups in total. The van der Waals surface area contributed by atoms with Crippen LogP contribution in [0, 0.1) is 10.7 Å². The largest absolute Gasteiger partial charge is 0.395 e. The number of benzene rings is 1. The first kappa shape index (κ1) is 30.7. The van der Waals surface area contributed by atoms with Gasteiger partial charge in [-0.3, -0.25) is 14.4 Å². The zero-order valence-corrected chi connectivity index (χ0v) is 24.2. The van der Waals surface area contributed by atoms with Gasteiger partial charge >= 0.3 is 0 Å². The number of nitrogens with one attached hydrogen (secondary N) is 1. The SMILES string of the molecule is CC(=O)N(CC(O)CO)c1c(I)c(C(=O)NCCO)c(I)c(C(=O)N(CCO)CCO)c1I. The Labute approximate surface area is 231 Å². The molecule has 1 atom stereocenters. The number of carbonyl (C=O) groups excluding carboxylic acids is 3. The Balaban J connectivity index is 3.90. The molecular weight excluding hydrogens is 779 g/mol. The van der Waals surface area contributed by atoms with Gasteiger partial charge < -0.3 is 40.6 Å². The lowest BCUT2D eigenvalue weighted by Gasteiger charge is -2.30. The second kappa shape index (κ2) is 14.9. The maximum Gasteiger partial charge on any atom is 0.256 e. The number of anilines is 1. The molecule has 0 fully saturated rings. The fourth-order valence-corrected chi connectivity index (χ4v) is 7.59. The van der Waals surface area contributed by atoms with Crippen LogP contribution in [0.4, 0.5) is 5.69 Å². The third-order valence-electron chi connectivity index (χ3n) is 4.41. The molecule has 3 amide bonds. The Morgan fingerprint density at radius 3 is 1.91 bits per heavy atom.